The normalized spacial score (nSPS) is 18.9. The van der Waals surface area contributed by atoms with Gasteiger partial charge in [-0.3, -0.25) is 9.69 Å². The number of imide groups is 1. The average Bonchev–Trinajstić information content (AvgIpc) is 2.86. The van der Waals surface area contributed by atoms with Crippen LogP contribution in [0.4, 0.5) is 15.3 Å². The fourth-order valence-corrected chi connectivity index (χ4v) is 4.50. The molecule has 4 amide bonds. The van der Waals surface area contributed by atoms with Gasteiger partial charge in [0.15, 0.2) is 0 Å². The number of benzene rings is 2. The molecule has 11 nitrogen and oxygen atoms in total. The predicted octanol–water partition coefficient (Wildman–Crippen LogP) is 3.55. The van der Waals surface area contributed by atoms with Gasteiger partial charge in [0.25, 0.3) is 0 Å². The number of ether oxygens (including phenoxy) is 3. The molecule has 0 aliphatic carbocycles. The van der Waals surface area contributed by atoms with Crippen LogP contribution < -0.4 is 15.9 Å². The van der Waals surface area contributed by atoms with Crippen LogP contribution in [0.3, 0.4) is 0 Å². The Morgan fingerprint density at radius 2 is 1.87 bits per heavy atom. The molecular formula is C26H32ClN5O6. The van der Waals surface area contributed by atoms with Crippen LogP contribution in [0.5, 0.6) is 5.75 Å². The average molecular weight is 546 g/mol. The highest BCUT2D eigenvalue weighted by Gasteiger charge is 2.53. The third kappa shape index (κ3) is 5.50. The highest BCUT2D eigenvalue weighted by atomic mass is 35.5. The van der Waals surface area contributed by atoms with Gasteiger partial charge in [0.05, 0.1) is 39.5 Å². The molecule has 2 fully saturated rings. The van der Waals surface area contributed by atoms with E-state index in [0.717, 1.165) is 26.8 Å². The van der Waals surface area contributed by atoms with Gasteiger partial charge >= 0.3 is 18.0 Å². The maximum atomic E-state index is 13.8. The summed E-state index contributed by atoms with van der Waals surface area (Å²) < 4.78 is 16.0. The van der Waals surface area contributed by atoms with E-state index >= 15 is 0 Å². The molecule has 0 saturated carbocycles. The third-order valence-electron chi connectivity index (χ3n) is 6.42. The van der Waals surface area contributed by atoms with E-state index in [-0.39, 0.29) is 32.4 Å². The minimum absolute atomic E-state index is 0.0100. The number of hydrogen-bond donors (Lipinski definition) is 2. The Bertz CT molecular complexity index is 1200. The Morgan fingerprint density at radius 1 is 1.18 bits per heavy atom. The molecule has 2 heterocycles. The molecular weight excluding hydrogens is 514 g/mol. The number of aryl methyl sites for hydroxylation is 1. The predicted molar refractivity (Wildman–Crippen MR) is 140 cm³/mol. The Hall–Kier alpha value is -3.54. The first-order valence-corrected chi connectivity index (χ1v) is 12.5. The van der Waals surface area contributed by atoms with Crippen molar-refractivity contribution in [2.75, 3.05) is 32.2 Å². The smallest absolute Gasteiger partial charge is 0.345 e. The topological polar surface area (TPSA) is 127 Å². The van der Waals surface area contributed by atoms with E-state index in [4.69, 9.17) is 31.7 Å². The molecule has 2 aliphatic heterocycles. The summed E-state index contributed by atoms with van der Waals surface area (Å²) in [6.45, 7) is 5.74. The molecule has 0 aromatic heterocycles. The first-order chi connectivity index (χ1) is 18.0. The van der Waals surface area contributed by atoms with Crippen LogP contribution >= 0.6 is 11.6 Å². The number of methoxy groups -OCH3 is 1. The zero-order valence-electron chi connectivity index (χ0n) is 21.8. The van der Waals surface area contributed by atoms with Gasteiger partial charge in [-0.2, -0.15) is 0 Å². The van der Waals surface area contributed by atoms with Crippen LogP contribution in [0, 0.1) is 12.3 Å². The van der Waals surface area contributed by atoms with Crippen LogP contribution in [0.2, 0.25) is 5.02 Å². The summed E-state index contributed by atoms with van der Waals surface area (Å²) in [5.74, 6) is 6.47. The Morgan fingerprint density at radius 3 is 2.42 bits per heavy atom. The molecule has 1 unspecified atom stereocenters. The summed E-state index contributed by atoms with van der Waals surface area (Å²) in [7, 11) is 1.25. The number of nitrogens with two attached hydrogens (primary N) is 1. The van der Waals surface area contributed by atoms with E-state index in [1.54, 1.807) is 30.3 Å². The van der Waals surface area contributed by atoms with Crippen molar-refractivity contribution in [1.29, 1.82) is 0 Å². The number of hydrogen-bond acceptors (Lipinski definition) is 8. The second-order valence-corrected chi connectivity index (χ2v) is 10.2. The molecule has 0 spiro atoms. The number of nitrogens with one attached hydrogen (secondary N) is 1. The van der Waals surface area contributed by atoms with E-state index in [2.05, 4.69) is 5.32 Å². The number of nitrogens with zero attached hydrogens (tertiary/aromatic N) is 3. The third-order valence-corrected chi connectivity index (χ3v) is 6.67. The number of esters is 1. The number of halogens is 1. The quantitative estimate of drug-likeness (QED) is 0.278. The number of hydrazine groups is 1. The highest BCUT2D eigenvalue weighted by molar-refractivity contribution is 6.30. The lowest BCUT2D eigenvalue weighted by molar-refractivity contribution is -0.185. The van der Waals surface area contributed by atoms with Gasteiger partial charge in [0.2, 0.25) is 6.29 Å². The summed E-state index contributed by atoms with van der Waals surface area (Å²) in [6, 6.07) is 11.1. The molecule has 4 rings (SSSR count). The Balaban J connectivity index is 1.64. The monoisotopic (exact) mass is 545 g/mol. The zero-order chi connectivity index (χ0) is 27.6. The molecule has 12 heteroatoms. The minimum Gasteiger partial charge on any atom is -0.491 e. The number of carbonyl (C=O) groups excluding carboxylic acids is 3. The Kier molecular flexibility index (Phi) is 8.00. The van der Waals surface area contributed by atoms with Gasteiger partial charge in [-0.1, -0.05) is 23.7 Å². The Labute approximate surface area is 226 Å². The largest absolute Gasteiger partial charge is 0.491 e. The van der Waals surface area contributed by atoms with Crippen molar-refractivity contribution in [3.8, 4) is 5.75 Å². The van der Waals surface area contributed by atoms with Crippen molar-refractivity contribution < 1.29 is 28.6 Å². The van der Waals surface area contributed by atoms with Gasteiger partial charge in [0, 0.05) is 10.7 Å². The van der Waals surface area contributed by atoms with Crippen molar-refractivity contribution in [2.45, 2.75) is 39.7 Å². The van der Waals surface area contributed by atoms with E-state index in [1.807, 2.05) is 32.9 Å². The minimum atomic E-state index is -1.14. The number of carbonyl (C=O) groups is 3. The molecule has 3 N–H and O–H groups in total. The summed E-state index contributed by atoms with van der Waals surface area (Å²) in [6.07, 6.45) is -1.01. The van der Waals surface area contributed by atoms with Gasteiger partial charge in [-0.05, 0) is 62.2 Å². The molecule has 38 heavy (non-hydrogen) atoms. The second kappa shape index (κ2) is 11.1. The van der Waals surface area contributed by atoms with Crippen LogP contribution in [-0.2, 0) is 20.8 Å². The summed E-state index contributed by atoms with van der Waals surface area (Å²) in [4.78, 5) is 42.0. The molecule has 2 aromatic rings. The van der Waals surface area contributed by atoms with E-state index in [9.17, 15) is 14.4 Å². The lowest BCUT2D eigenvalue weighted by atomic mass is 9.85. The number of amides is 4. The standard InChI is InChI=1S/C26H32ClN5O6/c1-16(2)38-21-10-9-20(11-17(21)3)29-23-30(12-18-5-7-19(27)8-6-18)24(34)31(25(35)32(23)28)13-26(14-37-15-26)22(33)36-4/h5-11,16,23,29H,12-15,28H2,1-4H3. The van der Waals surface area contributed by atoms with Crippen molar-refractivity contribution in [3.63, 3.8) is 0 Å². The van der Waals surface area contributed by atoms with E-state index in [1.165, 1.54) is 12.0 Å². The molecule has 2 aromatic carbocycles. The van der Waals surface area contributed by atoms with Crippen LogP contribution in [-0.4, -0.2) is 72.1 Å². The molecule has 2 saturated heterocycles. The molecule has 2 aliphatic rings. The summed E-state index contributed by atoms with van der Waals surface area (Å²) in [5.41, 5.74) is 1.13. The van der Waals surface area contributed by atoms with Crippen molar-refractivity contribution in [2.24, 2.45) is 11.3 Å². The fourth-order valence-electron chi connectivity index (χ4n) is 4.37. The van der Waals surface area contributed by atoms with Crippen LogP contribution in [0.15, 0.2) is 42.5 Å². The highest BCUT2D eigenvalue weighted by Crippen LogP contribution is 2.33. The molecule has 0 radical (unpaired) electrons. The molecule has 0 bridgehead atoms. The van der Waals surface area contributed by atoms with E-state index < -0.39 is 29.7 Å². The van der Waals surface area contributed by atoms with Crippen molar-refractivity contribution in [3.05, 3.63) is 58.6 Å². The first kappa shape index (κ1) is 27.5. The summed E-state index contributed by atoms with van der Waals surface area (Å²) >= 11 is 6.04. The van der Waals surface area contributed by atoms with Gasteiger partial charge in [-0.15, -0.1) is 0 Å². The number of urea groups is 2. The van der Waals surface area contributed by atoms with Crippen molar-refractivity contribution >= 4 is 35.3 Å². The van der Waals surface area contributed by atoms with Gasteiger partial charge < -0.3 is 19.5 Å². The fraction of sp³-hybridized carbons (Fsp3) is 0.423. The SMILES string of the molecule is COC(=O)C1(CN2C(=O)N(N)C(Nc3ccc(OC(C)C)c(C)c3)N(Cc3ccc(Cl)cc3)C2=O)COC1. The lowest BCUT2D eigenvalue weighted by Gasteiger charge is -2.48. The maximum Gasteiger partial charge on any atom is 0.345 e. The second-order valence-electron chi connectivity index (χ2n) is 9.74. The lowest BCUT2D eigenvalue weighted by Crippen LogP contribution is -2.72. The number of rotatable bonds is 9. The van der Waals surface area contributed by atoms with Crippen LogP contribution in [0.25, 0.3) is 0 Å². The van der Waals surface area contributed by atoms with E-state index in [0.29, 0.717) is 10.7 Å². The summed E-state index contributed by atoms with van der Waals surface area (Å²) in [5, 5.41) is 4.69. The molecule has 1 atom stereocenters. The zero-order valence-corrected chi connectivity index (χ0v) is 22.5. The number of anilines is 1. The van der Waals surface area contributed by atoms with Crippen molar-refractivity contribution in [1.82, 2.24) is 14.8 Å². The first-order valence-electron chi connectivity index (χ1n) is 12.1. The maximum absolute atomic E-state index is 13.8. The van der Waals surface area contributed by atoms with Crippen LogP contribution in [0.1, 0.15) is 25.0 Å². The molecule has 204 valence electrons. The van der Waals surface area contributed by atoms with Gasteiger partial charge in [-0.25, -0.2) is 25.3 Å². The van der Waals surface area contributed by atoms with Gasteiger partial charge in [0.1, 0.15) is 11.2 Å².